The summed E-state index contributed by atoms with van der Waals surface area (Å²) in [6.07, 6.45) is 2.83. The molecule has 4 heteroatoms. The van der Waals surface area contributed by atoms with Gasteiger partial charge in [0.1, 0.15) is 11.6 Å². The Kier molecular flexibility index (Phi) is 5.18. The Morgan fingerprint density at radius 3 is 2.95 bits per heavy atom. The lowest BCUT2D eigenvalue weighted by Crippen LogP contribution is -2.18. The van der Waals surface area contributed by atoms with Gasteiger partial charge in [-0.05, 0) is 25.6 Å². The summed E-state index contributed by atoms with van der Waals surface area (Å²) >= 11 is 0. The summed E-state index contributed by atoms with van der Waals surface area (Å²) in [6.45, 7) is 11.3. The molecule has 0 fully saturated rings. The van der Waals surface area contributed by atoms with Crippen molar-refractivity contribution in [2.45, 2.75) is 26.8 Å². The molecule has 2 rings (SSSR count). The molecular formula is C16H23N3O. The van der Waals surface area contributed by atoms with Gasteiger partial charge in [0.2, 0.25) is 0 Å². The average molecular weight is 273 g/mol. The third-order valence-electron chi connectivity index (χ3n) is 3.20. The van der Waals surface area contributed by atoms with Gasteiger partial charge < -0.3 is 14.6 Å². The second-order valence-electron chi connectivity index (χ2n) is 4.61. The number of nitrogens with one attached hydrogen (secondary N) is 1. The predicted octanol–water partition coefficient (Wildman–Crippen LogP) is 2.77. The van der Waals surface area contributed by atoms with Crippen molar-refractivity contribution in [3.63, 3.8) is 0 Å². The maximum atomic E-state index is 5.54. The average Bonchev–Trinajstić information content (AvgIpc) is 2.78. The van der Waals surface area contributed by atoms with Crippen LogP contribution in [0.1, 0.15) is 19.7 Å². The van der Waals surface area contributed by atoms with Gasteiger partial charge in [-0.25, -0.2) is 4.98 Å². The fraction of sp³-hybridized carbons (Fsp3) is 0.438. The number of aromatic nitrogens is 2. The summed E-state index contributed by atoms with van der Waals surface area (Å²) in [7, 11) is 0. The first-order valence-corrected chi connectivity index (χ1v) is 7.23. The molecule has 1 heterocycles. The number of allylic oxidation sites excluding steroid dienone is 1. The molecule has 0 bridgehead atoms. The lowest BCUT2D eigenvalue weighted by molar-refractivity contribution is 0.340. The molecule has 4 nitrogen and oxygen atoms in total. The molecule has 1 aromatic carbocycles. The molecule has 2 aromatic rings. The Morgan fingerprint density at radius 1 is 1.40 bits per heavy atom. The van der Waals surface area contributed by atoms with E-state index in [9.17, 15) is 0 Å². The number of hydrogen-bond donors (Lipinski definition) is 1. The van der Waals surface area contributed by atoms with Crippen molar-refractivity contribution in [3.8, 4) is 5.75 Å². The van der Waals surface area contributed by atoms with Crippen molar-refractivity contribution in [2.24, 2.45) is 0 Å². The van der Waals surface area contributed by atoms with Crippen LogP contribution in [0.5, 0.6) is 5.75 Å². The first kappa shape index (κ1) is 14.6. The van der Waals surface area contributed by atoms with Crippen molar-refractivity contribution in [1.82, 2.24) is 14.9 Å². The standard InChI is InChI=1S/C16H23N3O/c1-4-11-19-15-8-7-13(20-6-3)12-14(15)18-16(19)9-10-17-5-2/h4,7-8,12,17H,1,5-6,9-11H2,2-3H3. The highest BCUT2D eigenvalue weighted by atomic mass is 16.5. The van der Waals surface area contributed by atoms with Gasteiger partial charge in [-0.15, -0.1) is 6.58 Å². The number of hydrogen-bond acceptors (Lipinski definition) is 3. The van der Waals surface area contributed by atoms with E-state index in [1.807, 2.05) is 25.1 Å². The largest absolute Gasteiger partial charge is 0.494 e. The maximum Gasteiger partial charge on any atom is 0.121 e. The van der Waals surface area contributed by atoms with E-state index in [1.54, 1.807) is 0 Å². The minimum Gasteiger partial charge on any atom is -0.494 e. The van der Waals surface area contributed by atoms with Crippen LogP contribution in [0.15, 0.2) is 30.9 Å². The Hall–Kier alpha value is -1.81. The van der Waals surface area contributed by atoms with E-state index in [1.165, 1.54) is 0 Å². The molecule has 0 aliphatic carbocycles. The molecule has 1 aromatic heterocycles. The normalized spacial score (nSPS) is 10.9. The Bertz CT molecular complexity index is 574. The molecule has 108 valence electrons. The monoisotopic (exact) mass is 273 g/mol. The molecule has 1 N–H and O–H groups in total. The summed E-state index contributed by atoms with van der Waals surface area (Å²) in [5.74, 6) is 1.97. The fourth-order valence-corrected chi connectivity index (χ4v) is 2.32. The van der Waals surface area contributed by atoms with E-state index >= 15 is 0 Å². The Morgan fingerprint density at radius 2 is 2.25 bits per heavy atom. The van der Waals surface area contributed by atoms with Crippen LogP contribution in [0, 0.1) is 0 Å². The highest BCUT2D eigenvalue weighted by Crippen LogP contribution is 2.22. The van der Waals surface area contributed by atoms with Gasteiger partial charge in [-0.3, -0.25) is 0 Å². The van der Waals surface area contributed by atoms with Crippen LogP contribution >= 0.6 is 0 Å². The summed E-state index contributed by atoms with van der Waals surface area (Å²) in [4.78, 5) is 4.74. The van der Waals surface area contributed by atoms with E-state index in [0.29, 0.717) is 6.61 Å². The van der Waals surface area contributed by atoms with E-state index in [0.717, 1.165) is 48.7 Å². The molecule has 0 unspecified atom stereocenters. The number of nitrogens with zero attached hydrogens (tertiary/aromatic N) is 2. The van der Waals surface area contributed by atoms with Crippen LogP contribution in [0.4, 0.5) is 0 Å². The fourth-order valence-electron chi connectivity index (χ4n) is 2.32. The lowest BCUT2D eigenvalue weighted by Gasteiger charge is -2.07. The van der Waals surface area contributed by atoms with Crippen LogP contribution in [-0.2, 0) is 13.0 Å². The Labute approximate surface area is 120 Å². The first-order chi connectivity index (χ1) is 9.80. The van der Waals surface area contributed by atoms with Gasteiger partial charge in [0, 0.05) is 25.6 Å². The highest BCUT2D eigenvalue weighted by Gasteiger charge is 2.10. The van der Waals surface area contributed by atoms with Crippen LogP contribution in [-0.4, -0.2) is 29.2 Å². The van der Waals surface area contributed by atoms with Gasteiger partial charge in [0.25, 0.3) is 0 Å². The lowest BCUT2D eigenvalue weighted by atomic mass is 10.3. The molecule has 0 aliphatic heterocycles. The summed E-state index contributed by atoms with van der Waals surface area (Å²) in [5, 5.41) is 3.34. The van der Waals surface area contributed by atoms with Crippen molar-refractivity contribution in [1.29, 1.82) is 0 Å². The van der Waals surface area contributed by atoms with E-state index in [-0.39, 0.29) is 0 Å². The van der Waals surface area contributed by atoms with Crippen LogP contribution < -0.4 is 10.1 Å². The molecule has 0 atom stereocenters. The molecule has 0 saturated carbocycles. The second-order valence-corrected chi connectivity index (χ2v) is 4.61. The van der Waals surface area contributed by atoms with Crippen LogP contribution in [0.25, 0.3) is 11.0 Å². The van der Waals surface area contributed by atoms with Gasteiger partial charge in [-0.1, -0.05) is 13.0 Å². The van der Waals surface area contributed by atoms with Crippen LogP contribution in [0.3, 0.4) is 0 Å². The number of ether oxygens (including phenoxy) is 1. The molecule has 0 amide bonds. The summed E-state index contributed by atoms with van der Waals surface area (Å²) < 4.78 is 7.76. The van der Waals surface area contributed by atoms with E-state index in [4.69, 9.17) is 9.72 Å². The minimum atomic E-state index is 0.673. The number of fused-ring (bicyclic) bond motifs is 1. The first-order valence-electron chi connectivity index (χ1n) is 7.23. The highest BCUT2D eigenvalue weighted by molar-refractivity contribution is 5.78. The number of rotatable bonds is 8. The number of likely N-dealkylation sites (N-methyl/N-ethyl adjacent to an activating group) is 1. The third kappa shape index (κ3) is 3.20. The zero-order chi connectivity index (χ0) is 14.4. The zero-order valence-corrected chi connectivity index (χ0v) is 12.4. The van der Waals surface area contributed by atoms with E-state index in [2.05, 4.69) is 29.5 Å². The number of benzene rings is 1. The second kappa shape index (κ2) is 7.10. The number of imidazole rings is 1. The van der Waals surface area contributed by atoms with Gasteiger partial charge >= 0.3 is 0 Å². The maximum absolute atomic E-state index is 5.54. The smallest absolute Gasteiger partial charge is 0.121 e. The molecule has 0 saturated heterocycles. The van der Waals surface area contributed by atoms with E-state index < -0.39 is 0 Å². The van der Waals surface area contributed by atoms with Gasteiger partial charge in [-0.2, -0.15) is 0 Å². The van der Waals surface area contributed by atoms with Crippen molar-refractivity contribution in [2.75, 3.05) is 19.7 Å². The zero-order valence-electron chi connectivity index (χ0n) is 12.4. The van der Waals surface area contributed by atoms with Gasteiger partial charge in [0.15, 0.2) is 0 Å². The molecule has 20 heavy (non-hydrogen) atoms. The Balaban J connectivity index is 2.34. The third-order valence-corrected chi connectivity index (χ3v) is 3.20. The predicted molar refractivity (Wildman–Crippen MR) is 83.3 cm³/mol. The topological polar surface area (TPSA) is 39.1 Å². The molecule has 0 radical (unpaired) electrons. The van der Waals surface area contributed by atoms with Crippen molar-refractivity contribution in [3.05, 3.63) is 36.7 Å². The molecule has 0 aliphatic rings. The summed E-state index contributed by atoms with van der Waals surface area (Å²) in [5.41, 5.74) is 2.13. The SMILES string of the molecule is C=CCn1c(CCNCC)nc2cc(OCC)ccc21. The molecule has 0 spiro atoms. The summed E-state index contributed by atoms with van der Waals surface area (Å²) in [6, 6.07) is 6.09. The van der Waals surface area contributed by atoms with Crippen molar-refractivity contribution < 1.29 is 4.74 Å². The van der Waals surface area contributed by atoms with Crippen molar-refractivity contribution >= 4 is 11.0 Å². The quantitative estimate of drug-likeness (QED) is 0.594. The minimum absolute atomic E-state index is 0.673. The van der Waals surface area contributed by atoms with Gasteiger partial charge in [0.05, 0.1) is 17.6 Å². The molecular weight excluding hydrogens is 250 g/mol. The van der Waals surface area contributed by atoms with Crippen LogP contribution in [0.2, 0.25) is 0 Å².